The van der Waals surface area contributed by atoms with Crippen molar-refractivity contribution in [3.63, 3.8) is 0 Å². The second-order valence-corrected chi connectivity index (χ2v) is 14.5. The van der Waals surface area contributed by atoms with Crippen LogP contribution in [0.2, 0.25) is 0 Å². The lowest BCUT2D eigenvalue weighted by Crippen LogP contribution is -2.00. The highest BCUT2D eigenvalue weighted by molar-refractivity contribution is 6.17. The number of fused-ring (bicyclic) bond motifs is 4. The van der Waals surface area contributed by atoms with Crippen LogP contribution in [0.3, 0.4) is 0 Å². The van der Waals surface area contributed by atoms with Crippen molar-refractivity contribution in [3.05, 3.63) is 200 Å². The van der Waals surface area contributed by atoms with E-state index in [1.165, 1.54) is 5.56 Å². The Labute approximate surface area is 340 Å². The van der Waals surface area contributed by atoms with Gasteiger partial charge in [0.25, 0.3) is 0 Å². The van der Waals surface area contributed by atoms with E-state index in [1.54, 1.807) is 0 Å². The van der Waals surface area contributed by atoms with Crippen LogP contribution >= 0.6 is 0 Å². The van der Waals surface area contributed by atoms with Crippen LogP contribution in [0, 0.1) is 0 Å². The fraction of sp³-hybridized carbons (Fsp3) is 0. The smallest absolute Gasteiger partial charge is 0.228 e. The van der Waals surface area contributed by atoms with Crippen LogP contribution in [0.5, 0.6) is 0 Å². The topological polar surface area (TPSA) is 77.6 Å². The average Bonchev–Trinajstić information content (AvgIpc) is 3.69. The maximum atomic E-state index is 6.23. The molecule has 0 spiro atoms. The molecule has 59 heavy (non-hydrogen) atoms. The highest BCUT2D eigenvalue weighted by atomic mass is 16.3. The number of benzene rings is 7. The Bertz CT molecular complexity index is 3310. The number of aromatic nitrogens is 5. The first kappa shape index (κ1) is 34.2. The summed E-state index contributed by atoms with van der Waals surface area (Å²) in [5, 5.41) is 2.00. The molecule has 0 bridgehead atoms. The van der Waals surface area contributed by atoms with Gasteiger partial charge in [0.2, 0.25) is 5.71 Å². The van der Waals surface area contributed by atoms with Crippen molar-refractivity contribution in [2.75, 3.05) is 0 Å². The monoisotopic (exact) mass is 755 g/mol. The van der Waals surface area contributed by atoms with E-state index in [2.05, 4.69) is 127 Å². The highest BCUT2D eigenvalue weighted by Gasteiger charge is 2.19. The van der Waals surface area contributed by atoms with Gasteiger partial charge in [0.1, 0.15) is 5.58 Å². The van der Waals surface area contributed by atoms with E-state index in [-0.39, 0.29) is 0 Å². The van der Waals surface area contributed by atoms with Crippen LogP contribution in [0.4, 0.5) is 0 Å². The van der Waals surface area contributed by atoms with Crippen LogP contribution in [0.15, 0.2) is 205 Å². The van der Waals surface area contributed by atoms with Gasteiger partial charge in [-0.15, -0.1) is 0 Å². The normalized spacial score (nSPS) is 11.4. The molecule has 0 saturated heterocycles. The molecule has 6 nitrogen and oxygen atoms in total. The highest BCUT2D eigenvalue weighted by Crippen LogP contribution is 2.40. The molecule has 11 rings (SSSR count). The van der Waals surface area contributed by atoms with E-state index in [1.807, 2.05) is 72.9 Å². The zero-order valence-electron chi connectivity index (χ0n) is 31.7. The van der Waals surface area contributed by atoms with Crippen LogP contribution in [0.25, 0.3) is 112 Å². The average molecular weight is 756 g/mol. The third-order valence-electron chi connectivity index (χ3n) is 10.8. The molecule has 0 aliphatic heterocycles. The third kappa shape index (κ3) is 6.39. The van der Waals surface area contributed by atoms with Crippen LogP contribution in [-0.2, 0) is 0 Å². The maximum absolute atomic E-state index is 6.23. The van der Waals surface area contributed by atoms with Crippen molar-refractivity contribution in [2.24, 2.45) is 0 Å². The predicted molar refractivity (Wildman–Crippen MR) is 238 cm³/mol. The molecule has 276 valence electrons. The third-order valence-corrected chi connectivity index (χ3v) is 10.8. The van der Waals surface area contributed by atoms with E-state index in [4.69, 9.17) is 29.3 Å². The summed E-state index contributed by atoms with van der Waals surface area (Å²) in [6.45, 7) is 0. The maximum Gasteiger partial charge on any atom is 0.228 e. The zero-order chi connectivity index (χ0) is 39.1. The molecule has 11 aromatic rings. The number of para-hydroxylation sites is 1. The lowest BCUT2D eigenvalue weighted by atomic mass is 9.95. The van der Waals surface area contributed by atoms with Gasteiger partial charge in [-0.25, -0.2) is 19.9 Å². The van der Waals surface area contributed by atoms with Gasteiger partial charge < -0.3 is 4.42 Å². The van der Waals surface area contributed by atoms with Crippen LogP contribution < -0.4 is 0 Å². The summed E-state index contributed by atoms with van der Waals surface area (Å²) >= 11 is 0. The van der Waals surface area contributed by atoms with Gasteiger partial charge in [0.15, 0.2) is 17.5 Å². The molecule has 0 unspecified atom stereocenters. The molecule has 0 N–H and O–H groups in total. The second-order valence-electron chi connectivity index (χ2n) is 14.5. The quantitative estimate of drug-likeness (QED) is 0.161. The number of hydrogen-bond donors (Lipinski definition) is 0. The molecule has 0 aliphatic rings. The molecule has 7 aromatic carbocycles. The summed E-state index contributed by atoms with van der Waals surface area (Å²) < 4.78 is 6.23. The first-order chi connectivity index (χ1) is 29.2. The minimum absolute atomic E-state index is 0.614. The van der Waals surface area contributed by atoms with Crippen molar-refractivity contribution in [1.82, 2.24) is 24.9 Å². The molecule has 0 fully saturated rings. The molecular formula is C53H33N5O. The number of nitrogens with zero attached hydrogens (tertiary/aromatic N) is 5. The molecule has 0 atom stereocenters. The number of pyridine rings is 2. The first-order valence-corrected chi connectivity index (χ1v) is 19.6. The van der Waals surface area contributed by atoms with Gasteiger partial charge in [-0.2, -0.15) is 0 Å². The Morgan fingerprint density at radius 2 is 0.814 bits per heavy atom. The van der Waals surface area contributed by atoms with Crippen molar-refractivity contribution >= 4 is 33.1 Å². The van der Waals surface area contributed by atoms with Crippen molar-refractivity contribution in [2.45, 2.75) is 0 Å². The number of hydrogen-bond acceptors (Lipinski definition) is 6. The summed E-state index contributed by atoms with van der Waals surface area (Å²) in [5.74, 6) is 1.87. The standard InChI is InChI=1S/C53H33N5O/c1-3-12-34(13-4-1)35-25-29-39(30-26-35)51-56-50(38-14-5-2-6-15-38)57-52(58-51)43-19-10-18-42(33-43)41-17-9-16-40(32-41)36-23-27-37(28-24-36)47-48-44-20-7-8-22-46(44)59-53(48)55-45-21-11-31-54-49(45)47/h1-33H. The molecule has 0 radical (unpaired) electrons. The first-order valence-electron chi connectivity index (χ1n) is 19.6. The Balaban J connectivity index is 0.945. The Hall–Kier alpha value is -8.09. The molecule has 4 aromatic heterocycles. The Morgan fingerprint density at radius 3 is 1.51 bits per heavy atom. The van der Waals surface area contributed by atoms with Gasteiger partial charge in [0, 0.05) is 33.8 Å². The lowest BCUT2D eigenvalue weighted by Gasteiger charge is -2.11. The van der Waals surface area contributed by atoms with Crippen LogP contribution in [0.1, 0.15) is 0 Å². The lowest BCUT2D eigenvalue weighted by molar-refractivity contribution is 0.656. The van der Waals surface area contributed by atoms with Gasteiger partial charge in [-0.1, -0.05) is 164 Å². The van der Waals surface area contributed by atoms with E-state index >= 15 is 0 Å². The van der Waals surface area contributed by atoms with E-state index < -0.39 is 0 Å². The minimum atomic E-state index is 0.614. The second kappa shape index (κ2) is 14.4. The molecule has 0 amide bonds. The van der Waals surface area contributed by atoms with Gasteiger partial charge in [0.05, 0.1) is 16.4 Å². The summed E-state index contributed by atoms with van der Waals surface area (Å²) in [4.78, 5) is 24.6. The molecule has 4 heterocycles. The van der Waals surface area contributed by atoms with Gasteiger partial charge in [-0.3, -0.25) is 4.98 Å². The van der Waals surface area contributed by atoms with E-state index in [9.17, 15) is 0 Å². The largest absolute Gasteiger partial charge is 0.438 e. The van der Waals surface area contributed by atoms with Crippen LogP contribution in [-0.4, -0.2) is 24.9 Å². The zero-order valence-corrected chi connectivity index (χ0v) is 31.7. The number of rotatable bonds is 7. The fourth-order valence-corrected chi connectivity index (χ4v) is 7.88. The van der Waals surface area contributed by atoms with Crippen molar-refractivity contribution in [3.8, 4) is 78.7 Å². The summed E-state index contributed by atoms with van der Waals surface area (Å²) in [6.07, 6.45) is 1.82. The number of furan rings is 1. The van der Waals surface area contributed by atoms with Crippen molar-refractivity contribution in [1.29, 1.82) is 0 Å². The van der Waals surface area contributed by atoms with E-state index in [0.717, 1.165) is 83.0 Å². The SMILES string of the molecule is c1ccc(-c2ccc(-c3nc(-c4ccccc4)nc(-c4cccc(-c5cccc(-c6ccc(-c7c8ncccc8nc8oc9ccccc9c78)cc6)c5)c4)n3)cc2)cc1. The summed E-state index contributed by atoms with van der Waals surface area (Å²) in [5.41, 5.74) is 14.6. The molecule has 6 heteroatoms. The van der Waals surface area contributed by atoms with Gasteiger partial charge in [-0.05, 0) is 69.3 Å². The van der Waals surface area contributed by atoms with Gasteiger partial charge >= 0.3 is 0 Å². The summed E-state index contributed by atoms with van der Waals surface area (Å²) in [6, 6.07) is 66.6. The minimum Gasteiger partial charge on any atom is -0.438 e. The molecular weight excluding hydrogens is 723 g/mol. The molecule has 0 aliphatic carbocycles. The Kier molecular flexibility index (Phi) is 8.37. The predicted octanol–water partition coefficient (Wildman–Crippen LogP) is 13.4. The van der Waals surface area contributed by atoms with E-state index in [0.29, 0.717) is 23.2 Å². The summed E-state index contributed by atoms with van der Waals surface area (Å²) in [7, 11) is 0. The Morgan fingerprint density at radius 1 is 0.339 bits per heavy atom. The molecule has 0 saturated carbocycles. The fourth-order valence-electron chi connectivity index (χ4n) is 7.88. The van der Waals surface area contributed by atoms with Crippen molar-refractivity contribution < 1.29 is 4.42 Å².